The lowest BCUT2D eigenvalue weighted by atomic mass is 10.3. The van der Waals surface area contributed by atoms with Crippen molar-refractivity contribution in [3.05, 3.63) is 54.6 Å². The first-order valence-electron chi connectivity index (χ1n) is 8.04. The van der Waals surface area contributed by atoms with Crippen LogP contribution in [-0.4, -0.2) is 31.1 Å². The lowest BCUT2D eigenvalue weighted by Gasteiger charge is -2.11. The highest BCUT2D eigenvalue weighted by atomic mass is 16.5. The maximum atomic E-state index is 11.9. The number of rotatable bonds is 8. The van der Waals surface area contributed by atoms with Crippen molar-refractivity contribution < 1.29 is 19.1 Å². The average molecular weight is 342 g/mol. The van der Waals surface area contributed by atoms with Crippen LogP contribution < -0.4 is 20.1 Å². The molecule has 2 N–H and O–H groups in total. The van der Waals surface area contributed by atoms with Crippen molar-refractivity contribution >= 4 is 17.5 Å². The molecule has 0 atom stereocenters. The molecule has 0 aliphatic carbocycles. The van der Waals surface area contributed by atoms with Crippen LogP contribution in [0.1, 0.15) is 13.8 Å². The summed E-state index contributed by atoms with van der Waals surface area (Å²) >= 11 is 0. The van der Waals surface area contributed by atoms with E-state index >= 15 is 0 Å². The van der Waals surface area contributed by atoms with Gasteiger partial charge in [0, 0.05) is 5.69 Å². The first kappa shape index (κ1) is 18.3. The highest BCUT2D eigenvalue weighted by Gasteiger charge is 2.07. The summed E-state index contributed by atoms with van der Waals surface area (Å²) < 4.78 is 10.8. The van der Waals surface area contributed by atoms with Crippen LogP contribution in [0.3, 0.4) is 0 Å². The zero-order valence-electron chi connectivity index (χ0n) is 14.3. The number of ether oxygens (including phenoxy) is 2. The van der Waals surface area contributed by atoms with Gasteiger partial charge in [0.05, 0.1) is 12.6 Å². The van der Waals surface area contributed by atoms with E-state index in [4.69, 9.17) is 9.47 Å². The van der Waals surface area contributed by atoms with Gasteiger partial charge in [0.15, 0.2) is 6.61 Å². The number of amides is 2. The molecule has 0 saturated carbocycles. The number of anilines is 1. The predicted octanol–water partition coefficient (Wildman–Crippen LogP) is 2.61. The Morgan fingerprint density at radius 2 is 1.60 bits per heavy atom. The first-order valence-corrected chi connectivity index (χ1v) is 8.04. The Morgan fingerprint density at radius 1 is 0.920 bits per heavy atom. The van der Waals surface area contributed by atoms with Crippen LogP contribution in [0.5, 0.6) is 11.5 Å². The summed E-state index contributed by atoms with van der Waals surface area (Å²) in [5.41, 5.74) is 0.635. The van der Waals surface area contributed by atoms with Crippen molar-refractivity contribution in [2.45, 2.75) is 20.0 Å². The number of benzene rings is 2. The van der Waals surface area contributed by atoms with Crippen molar-refractivity contribution in [1.82, 2.24) is 5.32 Å². The van der Waals surface area contributed by atoms with Crippen LogP contribution in [0.15, 0.2) is 54.6 Å². The molecule has 0 bridgehead atoms. The molecule has 0 saturated heterocycles. The molecular formula is C19H22N2O4. The molecule has 2 amide bonds. The minimum absolute atomic E-state index is 0.0914. The molecule has 0 fully saturated rings. The highest BCUT2D eigenvalue weighted by Crippen LogP contribution is 2.16. The summed E-state index contributed by atoms with van der Waals surface area (Å²) in [6.07, 6.45) is 0.0914. The normalized spacial score (nSPS) is 10.2. The molecule has 0 spiro atoms. The molecule has 2 aromatic rings. The standard InChI is InChI=1S/C19H22N2O4/c1-14(2)25-17-10-8-15(9-11-17)21-18(22)12-20-19(23)13-24-16-6-4-3-5-7-16/h3-11,14H,12-13H2,1-2H3,(H,20,23)(H,21,22). The molecule has 0 heterocycles. The third-order valence-electron chi connectivity index (χ3n) is 3.07. The smallest absolute Gasteiger partial charge is 0.258 e. The van der Waals surface area contributed by atoms with Gasteiger partial charge < -0.3 is 20.1 Å². The van der Waals surface area contributed by atoms with Crippen LogP contribution in [0.4, 0.5) is 5.69 Å². The second-order valence-electron chi connectivity index (χ2n) is 5.62. The zero-order valence-corrected chi connectivity index (χ0v) is 14.3. The molecule has 0 aromatic heterocycles. The second-order valence-corrected chi connectivity index (χ2v) is 5.62. The van der Waals surface area contributed by atoms with Gasteiger partial charge in [0.1, 0.15) is 11.5 Å². The van der Waals surface area contributed by atoms with E-state index in [0.29, 0.717) is 11.4 Å². The number of hydrogen-bond donors (Lipinski definition) is 2. The van der Waals surface area contributed by atoms with Gasteiger partial charge in [-0.3, -0.25) is 9.59 Å². The summed E-state index contributed by atoms with van der Waals surface area (Å²) in [5, 5.41) is 5.21. The Labute approximate surface area is 147 Å². The SMILES string of the molecule is CC(C)Oc1ccc(NC(=O)CNC(=O)COc2ccccc2)cc1. The monoisotopic (exact) mass is 342 g/mol. The quantitative estimate of drug-likeness (QED) is 0.773. The second kappa shape index (κ2) is 9.32. The van der Waals surface area contributed by atoms with Crippen molar-refractivity contribution in [3.63, 3.8) is 0 Å². The third-order valence-corrected chi connectivity index (χ3v) is 3.07. The molecule has 2 aromatic carbocycles. The Kier molecular flexibility index (Phi) is 6.83. The third kappa shape index (κ3) is 6.95. The molecule has 132 valence electrons. The Morgan fingerprint density at radius 3 is 2.24 bits per heavy atom. The van der Waals surface area contributed by atoms with Gasteiger partial charge in [0.25, 0.3) is 5.91 Å². The fraction of sp³-hybridized carbons (Fsp3) is 0.263. The molecule has 2 rings (SSSR count). The molecule has 6 heteroatoms. The number of para-hydroxylation sites is 1. The van der Waals surface area contributed by atoms with Crippen molar-refractivity contribution in [1.29, 1.82) is 0 Å². The lowest BCUT2D eigenvalue weighted by molar-refractivity contribution is -0.125. The Balaban J connectivity index is 1.70. The van der Waals surface area contributed by atoms with Crippen LogP contribution in [0.2, 0.25) is 0 Å². The lowest BCUT2D eigenvalue weighted by Crippen LogP contribution is -2.35. The van der Waals surface area contributed by atoms with Crippen molar-refractivity contribution in [2.24, 2.45) is 0 Å². The van der Waals surface area contributed by atoms with Gasteiger partial charge in [-0.2, -0.15) is 0 Å². The van der Waals surface area contributed by atoms with E-state index in [1.165, 1.54) is 0 Å². The molecule has 0 unspecified atom stereocenters. The Bertz CT molecular complexity index is 684. The highest BCUT2D eigenvalue weighted by molar-refractivity contribution is 5.94. The maximum Gasteiger partial charge on any atom is 0.258 e. The number of nitrogens with one attached hydrogen (secondary N) is 2. The van der Waals surface area contributed by atoms with Gasteiger partial charge in [-0.25, -0.2) is 0 Å². The maximum absolute atomic E-state index is 11.9. The average Bonchev–Trinajstić information content (AvgIpc) is 2.60. The van der Waals surface area contributed by atoms with Gasteiger partial charge in [-0.05, 0) is 50.2 Å². The largest absolute Gasteiger partial charge is 0.491 e. The van der Waals surface area contributed by atoms with Gasteiger partial charge in [0.2, 0.25) is 5.91 Å². The van der Waals surface area contributed by atoms with Crippen LogP contribution >= 0.6 is 0 Å². The first-order chi connectivity index (χ1) is 12.0. The van der Waals surface area contributed by atoms with E-state index in [9.17, 15) is 9.59 Å². The summed E-state index contributed by atoms with van der Waals surface area (Å²) in [5.74, 6) is 0.662. The zero-order chi connectivity index (χ0) is 18.1. The molecule has 0 aliphatic rings. The van der Waals surface area contributed by atoms with Crippen molar-refractivity contribution in [2.75, 3.05) is 18.5 Å². The van der Waals surface area contributed by atoms with Gasteiger partial charge in [-0.1, -0.05) is 18.2 Å². The molecule has 0 aliphatic heterocycles. The fourth-order valence-electron chi connectivity index (χ4n) is 1.99. The van der Waals surface area contributed by atoms with E-state index in [0.717, 1.165) is 5.75 Å². The van der Waals surface area contributed by atoms with Crippen LogP contribution in [0.25, 0.3) is 0 Å². The molecule has 25 heavy (non-hydrogen) atoms. The van der Waals surface area contributed by atoms with Crippen LogP contribution in [0, 0.1) is 0 Å². The topological polar surface area (TPSA) is 76.7 Å². The van der Waals surface area contributed by atoms with Gasteiger partial charge >= 0.3 is 0 Å². The number of hydrogen-bond acceptors (Lipinski definition) is 4. The predicted molar refractivity (Wildman–Crippen MR) is 95.8 cm³/mol. The summed E-state index contributed by atoms with van der Waals surface area (Å²) in [6, 6.07) is 16.1. The summed E-state index contributed by atoms with van der Waals surface area (Å²) in [4.78, 5) is 23.5. The fourth-order valence-corrected chi connectivity index (χ4v) is 1.99. The van der Waals surface area contributed by atoms with E-state index in [2.05, 4.69) is 10.6 Å². The van der Waals surface area contributed by atoms with E-state index < -0.39 is 0 Å². The summed E-state index contributed by atoms with van der Waals surface area (Å²) in [7, 11) is 0. The van der Waals surface area contributed by atoms with Crippen LogP contribution in [-0.2, 0) is 9.59 Å². The van der Waals surface area contributed by atoms with E-state index in [1.807, 2.05) is 32.0 Å². The van der Waals surface area contributed by atoms with E-state index in [1.54, 1.807) is 36.4 Å². The molecule has 6 nitrogen and oxygen atoms in total. The minimum atomic E-state index is -0.361. The molecular weight excluding hydrogens is 320 g/mol. The number of carbonyl (C=O) groups is 2. The Hall–Kier alpha value is -3.02. The minimum Gasteiger partial charge on any atom is -0.491 e. The van der Waals surface area contributed by atoms with E-state index in [-0.39, 0.29) is 31.1 Å². The van der Waals surface area contributed by atoms with Crippen molar-refractivity contribution in [3.8, 4) is 11.5 Å². The number of carbonyl (C=O) groups excluding carboxylic acids is 2. The van der Waals surface area contributed by atoms with Gasteiger partial charge in [-0.15, -0.1) is 0 Å². The molecule has 0 radical (unpaired) electrons. The summed E-state index contributed by atoms with van der Waals surface area (Å²) in [6.45, 7) is 3.62.